The zero-order valence-electron chi connectivity index (χ0n) is 16.7. The number of esters is 1. The number of benzene rings is 2. The molecule has 0 aliphatic carbocycles. The van der Waals surface area contributed by atoms with Crippen LogP contribution in [-0.4, -0.2) is 30.2 Å². The summed E-state index contributed by atoms with van der Waals surface area (Å²) in [7, 11) is 0. The lowest BCUT2D eigenvalue weighted by Crippen LogP contribution is -2.32. The van der Waals surface area contributed by atoms with Gasteiger partial charge in [0.1, 0.15) is 11.7 Å². The Morgan fingerprint density at radius 2 is 1.66 bits per heavy atom. The molecular weight excluding hydrogens is 372 g/mol. The first-order chi connectivity index (χ1) is 13.8. The Hall–Kier alpha value is -3.48. The molecule has 7 nitrogen and oxygen atoms in total. The maximum Gasteiger partial charge on any atom is 0.338 e. The predicted molar refractivity (Wildman–Crippen MR) is 110 cm³/mol. The summed E-state index contributed by atoms with van der Waals surface area (Å²) in [6.45, 7) is 5.15. The zero-order valence-corrected chi connectivity index (χ0v) is 16.7. The molecule has 0 aliphatic heterocycles. The molecule has 0 heterocycles. The van der Waals surface area contributed by atoms with Crippen LogP contribution in [0.3, 0.4) is 0 Å². The average molecular weight is 396 g/mol. The van der Waals surface area contributed by atoms with Gasteiger partial charge in [-0.15, -0.1) is 0 Å². The second-order valence-electron chi connectivity index (χ2n) is 6.57. The van der Waals surface area contributed by atoms with E-state index < -0.39 is 29.5 Å². The Morgan fingerprint density at radius 3 is 2.24 bits per heavy atom. The largest absolute Gasteiger partial charge is 0.462 e. The molecule has 2 aromatic carbocycles. The smallest absolute Gasteiger partial charge is 0.338 e. The lowest BCUT2D eigenvalue weighted by Gasteiger charge is -2.14. The number of nitrogens with one attached hydrogen (secondary N) is 2. The van der Waals surface area contributed by atoms with Gasteiger partial charge in [-0.2, -0.15) is 0 Å². The van der Waals surface area contributed by atoms with E-state index in [0.717, 1.165) is 5.56 Å². The van der Waals surface area contributed by atoms with Gasteiger partial charge in [-0.3, -0.25) is 14.4 Å². The predicted octanol–water partition coefficient (Wildman–Crippen LogP) is 3.34. The number of ether oxygens (including phenoxy) is 1. The molecule has 2 N–H and O–H groups in total. The monoisotopic (exact) mass is 396 g/mol. The van der Waals surface area contributed by atoms with Crippen molar-refractivity contribution >= 4 is 34.9 Å². The molecule has 0 saturated carbocycles. The van der Waals surface area contributed by atoms with Crippen molar-refractivity contribution in [3.05, 3.63) is 59.7 Å². The molecular formula is C22H24N2O5. The molecule has 0 aliphatic rings. The summed E-state index contributed by atoms with van der Waals surface area (Å²) in [5.41, 5.74) is 2.35. The fraction of sp³-hybridized carbons (Fsp3) is 0.273. The normalized spacial score (nSPS) is 11.3. The van der Waals surface area contributed by atoms with E-state index in [2.05, 4.69) is 10.6 Å². The van der Waals surface area contributed by atoms with E-state index in [9.17, 15) is 19.2 Å². The molecule has 152 valence electrons. The van der Waals surface area contributed by atoms with E-state index in [0.29, 0.717) is 16.9 Å². The van der Waals surface area contributed by atoms with Crippen molar-refractivity contribution < 1.29 is 23.9 Å². The summed E-state index contributed by atoms with van der Waals surface area (Å²) in [4.78, 5) is 48.4. The topological polar surface area (TPSA) is 102 Å². The number of anilines is 2. The maximum atomic E-state index is 12.5. The summed E-state index contributed by atoms with van der Waals surface area (Å²) in [6.07, 6.45) is -0.268. The number of hydrogen-bond donors (Lipinski definition) is 2. The Bertz CT molecular complexity index is 906. The first-order valence-electron chi connectivity index (χ1n) is 9.25. The lowest BCUT2D eigenvalue weighted by atomic mass is 9.99. The summed E-state index contributed by atoms with van der Waals surface area (Å²) in [5, 5.41) is 5.30. The minimum absolute atomic E-state index is 0.266. The van der Waals surface area contributed by atoms with Gasteiger partial charge in [-0.1, -0.05) is 12.1 Å². The van der Waals surface area contributed by atoms with E-state index in [-0.39, 0.29) is 13.0 Å². The second-order valence-corrected chi connectivity index (χ2v) is 6.57. The summed E-state index contributed by atoms with van der Waals surface area (Å²) >= 11 is 0. The minimum Gasteiger partial charge on any atom is -0.462 e. The summed E-state index contributed by atoms with van der Waals surface area (Å²) < 4.78 is 4.90. The second kappa shape index (κ2) is 10.2. The lowest BCUT2D eigenvalue weighted by molar-refractivity contribution is -0.133. The quantitative estimate of drug-likeness (QED) is 0.526. The molecule has 29 heavy (non-hydrogen) atoms. The van der Waals surface area contributed by atoms with E-state index in [1.807, 2.05) is 13.0 Å². The van der Waals surface area contributed by atoms with Gasteiger partial charge in [0.05, 0.1) is 12.2 Å². The highest BCUT2D eigenvalue weighted by molar-refractivity contribution is 6.09. The highest BCUT2D eigenvalue weighted by Crippen LogP contribution is 2.16. The molecule has 0 bridgehead atoms. The van der Waals surface area contributed by atoms with Gasteiger partial charge in [0.25, 0.3) is 0 Å². The van der Waals surface area contributed by atoms with Crippen molar-refractivity contribution in [3.8, 4) is 0 Å². The van der Waals surface area contributed by atoms with E-state index >= 15 is 0 Å². The Labute approximate surface area is 169 Å². The maximum absolute atomic E-state index is 12.5. The number of carbonyl (C=O) groups excluding carboxylic acids is 4. The standard InChI is InChI=1S/C22H24N2O5/c1-4-29-22(28)16-8-10-17(11-9-16)24-21(27)19(15(3)25)13-20(26)23-18-7-5-6-14(2)12-18/h5-12,19H,4,13H2,1-3H3,(H,23,26)(H,24,27). The van der Waals surface area contributed by atoms with Gasteiger partial charge in [-0.25, -0.2) is 4.79 Å². The minimum atomic E-state index is -1.12. The van der Waals surface area contributed by atoms with Crippen molar-refractivity contribution in [1.29, 1.82) is 0 Å². The van der Waals surface area contributed by atoms with Gasteiger partial charge >= 0.3 is 5.97 Å². The third-order valence-corrected chi connectivity index (χ3v) is 4.16. The number of amides is 2. The van der Waals surface area contributed by atoms with Gasteiger partial charge in [0.2, 0.25) is 11.8 Å². The van der Waals surface area contributed by atoms with Crippen molar-refractivity contribution in [2.45, 2.75) is 27.2 Å². The molecule has 1 atom stereocenters. The fourth-order valence-electron chi connectivity index (χ4n) is 2.67. The van der Waals surface area contributed by atoms with Crippen LogP contribution in [0.15, 0.2) is 48.5 Å². The number of Topliss-reactive ketones (excluding diaryl/α,β-unsaturated/α-hetero) is 1. The number of aryl methyl sites for hydroxylation is 1. The molecule has 2 rings (SSSR count). The van der Waals surface area contributed by atoms with Crippen LogP contribution in [0, 0.1) is 12.8 Å². The Kier molecular flexibility index (Phi) is 7.65. The van der Waals surface area contributed by atoms with Crippen molar-refractivity contribution in [2.24, 2.45) is 5.92 Å². The van der Waals surface area contributed by atoms with Crippen LogP contribution in [-0.2, 0) is 19.1 Å². The van der Waals surface area contributed by atoms with Crippen LogP contribution in [0.25, 0.3) is 0 Å². The first-order valence-corrected chi connectivity index (χ1v) is 9.25. The first kappa shape index (κ1) is 21.8. The molecule has 0 radical (unpaired) electrons. The number of hydrogen-bond acceptors (Lipinski definition) is 5. The summed E-state index contributed by atoms with van der Waals surface area (Å²) in [5.74, 6) is -3.00. The molecule has 7 heteroatoms. The van der Waals surface area contributed by atoms with Crippen LogP contribution >= 0.6 is 0 Å². The highest BCUT2D eigenvalue weighted by atomic mass is 16.5. The number of carbonyl (C=O) groups is 4. The molecule has 2 amide bonds. The molecule has 1 unspecified atom stereocenters. The molecule has 0 aromatic heterocycles. The molecule has 2 aromatic rings. The van der Waals surface area contributed by atoms with Crippen molar-refractivity contribution in [1.82, 2.24) is 0 Å². The van der Waals surface area contributed by atoms with Crippen molar-refractivity contribution in [3.63, 3.8) is 0 Å². The van der Waals surface area contributed by atoms with Gasteiger partial charge in [0.15, 0.2) is 0 Å². The van der Waals surface area contributed by atoms with E-state index in [1.54, 1.807) is 25.1 Å². The highest BCUT2D eigenvalue weighted by Gasteiger charge is 2.26. The van der Waals surface area contributed by atoms with Gasteiger partial charge < -0.3 is 15.4 Å². The molecule has 0 saturated heterocycles. The SMILES string of the molecule is CCOC(=O)c1ccc(NC(=O)C(CC(=O)Nc2cccc(C)c2)C(C)=O)cc1. The number of rotatable bonds is 8. The average Bonchev–Trinajstić information content (AvgIpc) is 2.66. The van der Waals surface area contributed by atoms with Gasteiger partial charge in [-0.05, 0) is 62.7 Å². The van der Waals surface area contributed by atoms with Crippen LogP contribution < -0.4 is 10.6 Å². The Morgan fingerprint density at radius 1 is 0.966 bits per heavy atom. The summed E-state index contributed by atoms with van der Waals surface area (Å²) in [6, 6.07) is 13.3. The molecule has 0 fully saturated rings. The molecule has 0 spiro atoms. The van der Waals surface area contributed by atoms with Crippen LogP contribution in [0.5, 0.6) is 0 Å². The Balaban J connectivity index is 2.00. The zero-order chi connectivity index (χ0) is 21.4. The van der Waals surface area contributed by atoms with E-state index in [4.69, 9.17) is 4.74 Å². The van der Waals surface area contributed by atoms with E-state index in [1.165, 1.54) is 31.2 Å². The van der Waals surface area contributed by atoms with Crippen LogP contribution in [0.2, 0.25) is 0 Å². The third-order valence-electron chi connectivity index (χ3n) is 4.16. The van der Waals surface area contributed by atoms with Gasteiger partial charge in [0, 0.05) is 17.8 Å². The van der Waals surface area contributed by atoms with Crippen LogP contribution in [0.1, 0.15) is 36.2 Å². The third kappa shape index (κ3) is 6.57. The van der Waals surface area contributed by atoms with Crippen molar-refractivity contribution in [2.75, 3.05) is 17.2 Å². The fourth-order valence-corrected chi connectivity index (χ4v) is 2.67. The number of ketones is 1. The van der Waals surface area contributed by atoms with Crippen LogP contribution in [0.4, 0.5) is 11.4 Å².